The zero-order valence-corrected chi connectivity index (χ0v) is 19.6. The average molecular weight is 462 g/mol. The number of aromatic nitrogens is 1. The lowest BCUT2D eigenvalue weighted by molar-refractivity contribution is -0.128. The highest BCUT2D eigenvalue weighted by Gasteiger charge is 2.43. The molecule has 3 amide bonds. The van der Waals surface area contributed by atoms with Crippen LogP contribution in [0, 0.1) is 0 Å². The van der Waals surface area contributed by atoms with Crippen LogP contribution in [-0.2, 0) is 20.8 Å². The number of hydrogen-bond donors (Lipinski definition) is 3. The molecule has 3 atom stereocenters. The van der Waals surface area contributed by atoms with Crippen molar-refractivity contribution in [3.63, 3.8) is 0 Å². The fraction of sp³-hybridized carbons (Fsp3) is 0.385. The Labute approximate surface area is 199 Å². The van der Waals surface area contributed by atoms with Crippen LogP contribution >= 0.6 is 0 Å². The van der Waals surface area contributed by atoms with Crippen molar-refractivity contribution in [3.8, 4) is 0 Å². The average Bonchev–Trinajstić information content (AvgIpc) is 3.27. The van der Waals surface area contributed by atoms with Gasteiger partial charge >= 0.3 is 0 Å². The maximum absolute atomic E-state index is 14.1. The largest absolute Gasteiger partial charge is 0.339 e. The lowest BCUT2D eigenvalue weighted by Gasteiger charge is -2.31. The molecule has 0 fully saturated rings. The zero-order valence-electron chi connectivity index (χ0n) is 19.6. The molecule has 0 unspecified atom stereocenters. The van der Waals surface area contributed by atoms with E-state index in [-0.39, 0.29) is 17.7 Å². The minimum Gasteiger partial charge on any atom is -0.339 e. The van der Waals surface area contributed by atoms with Gasteiger partial charge in [0.2, 0.25) is 11.8 Å². The molecule has 2 heterocycles. The third kappa shape index (κ3) is 5.02. The van der Waals surface area contributed by atoms with Crippen LogP contribution in [0.2, 0.25) is 0 Å². The molecule has 0 bridgehead atoms. The Bertz CT molecular complexity index is 1080. The molecule has 8 heteroatoms. The van der Waals surface area contributed by atoms with Gasteiger partial charge in [-0.05, 0) is 69.0 Å². The number of rotatable bonds is 7. The molecule has 34 heavy (non-hydrogen) atoms. The molecule has 2 aliphatic rings. The first kappa shape index (κ1) is 23.6. The zero-order chi connectivity index (χ0) is 24.1. The molecule has 1 aliphatic carbocycles. The number of likely N-dealkylation sites (N-methyl/N-ethyl adjacent to an activating group) is 1. The van der Waals surface area contributed by atoms with Crippen LogP contribution in [0.25, 0.3) is 0 Å². The number of pyridine rings is 1. The summed E-state index contributed by atoms with van der Waals surface area (Å²) in [6.45, 7) is 1.74. The fourth-order valence-corrected chi connectivity index (χ4v) is 4.44. The van der Waals surface area contributed by atoms with E-state index in [9.17, 15) is 14.4 Å². The number of para-hydroxylation sites is 1. The highest BCUT2D eigenvalue weighted by molar-refractivity contribution is 6.10. The van der Waals surface area contributed by atoms with Crippen molar-refractivity contribution in [2.24, 2.45) is 0 Å². The van der Waals surface area contributed by atoms with Crippen molar-refractivity contribution in [2.75, 3.05) is 17.3 Å². The SMILES string of the molecule is CN[C@@H](C)C(=O)N[C@H](C(=O)N1c2ncccc2C[C@H]1C(=O)Nc1ccccc1)C1=CCCCC1. The summed E-state index contributed by atoms with van der Waals surface area (Å²) in [5.74, 6) is -0.421. The van der Waals surface area contributed by atoms with Crippen molar-refractivity contribution in [2.45, 2.75) is 57.2 Å². The number of nitrogens with zero attached hydrogens (tertiary/aromatic N) is 2. The number of hydrogen-bond acceptors (Lipinski definition) is 5. The van der Waals surface area contributed by atoms with Crippen LogP contribution in [0.1, 0.15) is 38.2 Å². The van der Waals surface area contributed by atoms with Gasteiger partial charge in [-0.15, -0.1) is 0 Å². The maximum Gasteiger partial charge on any atom is 0.255 e. The molecular weight excluding hydrogens is 430 g/mol. The number of carbonyl (C=O) groups excluding carboxylic acids is 3. The maximum atomic E-state index is 14.1. The van der Waals surface area contributed by atoms with Gasteiger partial charge < -0.3 is 16.0 Å². The fourth-order valence-electron chi connectivity index (χ4n) is 4.44. The molecule has 2 aromatic rings. The molecule has 3 N–H and O–H groups in total. The third-order valence-electron chi connectivity index (χ3n) is 6.46. The molecule has 1 aromatic heterocycles. The van der Waals surface area contributed by atoms with E-state index in [0.717, 1.165) is 36.8 Å². The Morgan fingerprint density at radius 1 is 1.09 bits per heavy atom. The summed E-state index contributed by atoms with van der Waals surface area (Å²) in [7, 11) is 1.70. The second-order valence-electron chi connectivity index (χ2n) is 8.75. The molecule has 178 valence electrons. The summed E-state index contributed by atoms with van der Waals surface area (Å²) in [5, 5.41) is 8.77. The van der Waals surface area contributed by atoms with Gasteiger partial charge in [-0.2, -0.15) is 0 Å². The van der Waals surface area contributed by atoms with Gasteiger partial charge in [0, 0.05) is 18.3 Å². The van der Waals surface area contributed by atoms with Crippen molar-refractivity contribution >= 4 is 29.2 Å². The van der Waals surface area contributed by atoms with Crippen LogP contribution in [0.4, 0.5) is 11.5 Å². The van der Waals surface area contributed by atoms with E-state index < -0.39 is 18.1 Å². The molecule has 0 saturated carbocycles. The first-order valence-corrected chi connectivity index (χ1v) is 11.8. The van der Waals surface area contributed by atoms with E-state index in [2.05, 4.69) is 20.9 Å². The standard InChI is InChI=1S/C26H31N5O3/c1-17(27-2)24(32)30-22(18-10-5-3-6-11-18)26(34)31-21(16-19-12-9-15-28-23(19)31)25(33)29-20-13-7-4-8-14-20/h4,7-10,12-15,17,21-22,27H,3,5-6,11,16H2,1-2H3,(H,29,33)(H,30,32)/t17-,21-,22-/m0/s1. The number of carbonyl (C=O) groups is 3. The van der Waals surface area contributed by atoms with Crippen LogP contribution in [0.3, 0.4) is 0 Å². The summed E-state index contributed by atoms with van der Waals surface area (Å²) >= 11 is 0. The van der Waals surface area contributed by atoms with E-state index in [0.29, 0.717) is 17.9 Å². The number of amides is 3. The lowest BCUT2D eigenvalue weighted by atomic mass is 9.92. The highest BCUT2D eigenvalue weighted by atomic mass is 16.2. The summed E-state index contributed by atoms with van der Waals surface area (Å²) in [6, 6.07) is 10.8. The molecule has 0 saturated heterocycles. The van der Waals surface area contributed by atoms with Gasteiger partial charge in [-0.3, -0.25) is 19.3 Å². The molecular formula is C26H31N5O3. The van der Waals surface area contributed by atoms with Gasteiger partial charge in [0.1, 0.15) is 17.9 Å². The third-order valence-corrected chi connectivity index (χ3v) is 6.46. The van der Waals surface area contributed by atoms with Crippen molar-refractivity contribution in [1.82, 2.24) is 15.6 Å². The van der Waals surface area contributed by atoms with E-state index in [1.54, 1.807) is 38.4 Å². The van der Waals surface area contributed by atoms with E-state index in [4.69, 9.17) is 0 Å². The summed E-state index contributed by atoms with van der Waals surface area (Å²) < 4.78 is 0. The van der Waals surface area contributed by atoms with E-state index in [1.165, 1.54) is 4.90 Å². The normalized spacial score (nSPS) is 18.9. The molecule has 1 aliphatic heterocycles. The minimum absolute atomic E-state index is 0.266. The summed E-state index contributed by atoms with van der Waals surface area (Å²) in [6.07, 6.45) is 7.64. The quantitative estimate of drug-likeness (QED) is 0.550. The number of fused-ring (bicyclic) bond motifs is 1. The lowest BCUT2D eigenvalue weighted by Crippen LogP contribution is -2.56. The van der Waals surface area contributed by atoms with Crippen LogP contribution < -0.4 is 20.9 Å². The summed E-state index contributed by atoms with van der Waals surface area (Å²) in [4.78, 5) is 46.1. The Balaban J connectivity index is 1.67. The van der Waals surface area contributed by atoms with Crippen molar-refractivity contribution < 1.29 is 14.4 Å². The second kappa shape index (κ2) is 10.6. The smallest absolute Gasteiger partial charge is 0.255 e. The van der Waals surface area contributed by atoms with Gasteiger partial charge in [0.25, 0.3) is 5.91 Å². The highest BCUT2D eigenvalue weighted by Crippen LogP contribution is 2.33. The van der Waals surface area contributed by atoms with Crippen LogP contribution in [0.15, 0.2) is 60.3 Å². The monoisotopic (exact) mass is 461 g/mol. The Kier molecular flexibility index (Phi) is 7.37. The minimum atomic E-state index is -0.844. The van der Waals surface area contributed by atoms with Crippen LogP contribution in [-0.4, -0.2) is 47.9 Å². The Hall–Kier alpha value is -3.52. The van der Waals surface area contributed by atoms with Gasteiger partial charge in [0.15, 0.2) is 0 Å². The number of nitrogens with one attached hydrogen (secondary N) is 3. The van der Waals surface area contributed by atoms with Crippen molar-refractivity contribution in [3.05, 3.63) is 65.9 Å². The van der Waals surface area contributed by atoms with E-state index >= 15 is 0 Å². The molecule has 0 radical (unpaired) electrons. The molecule has 1 aromatic carbocycles. The first-order valence-electron chi connectivity index (χ1n) is 11.8. The predicted molar refractivity (Wildman–Crippen MR) is 131 cm³/mol. The van der Waals surface area contributed by atoms with Crippen LogP contribution in [0.5, 0.6) is 0 Å². The number of benzene rings is 1. The number of anilines is 2. The second-order valence-corrected chi connectivity index (χ2v) is 8.75. The Morgan fingerprint density at radius 3 is 2.59 bits per heavy atom. The molecule has 4 rings (SSSR count). The van der Waals surface area contributed by atoms with E-state index in [1.807, 2.05) is 30.3 Å². The number of allylic oxidation sites excluding steroid dienone is 1. The summed E-state index contributed by atoms with van der Waals surface area (Å²) in [5.41, 5.74) is 2.38. The molecule has 8 nitrogen and oxygen atoms in total. The van der Waals surface area contributed by atoms with Gasteiger partial charge in [-0.1, -0.05) is 30.3 Å². The van der Waals surface area contributed by atoms with Gasteiger partial charge in [0.05, 0.1) is 6.04 Å². The molecule has 0 spiro atoms. The predicted octanol–water partition coefficient (Wildman–Crippen LogP) is 2.57. The first-order chi connectivity index (χ1) is 16.5. The van der Waals surface area contributed by atoms with Crippen molar-refractivity contribution in [1.29, 1.82) is 0 Å². The Morgan fingerprint density at radius 2 is 1.88 bits per heavy atom. The topological polar surface area (TPSA) is 103 Å². The van der Waals surface area contributed by atoms with Gasteiger partial charge in [-0.25, -0.2) is 4.98 Å².